The molecular weight excluding hydrogens is 488 g/mol. The lowest BCUT2D eigenvalue weighted by atomic mass is 9.77. The molecule has 1 aliphatic heterocycles. The smallest absolute Gasteiger partial charge is 0.176 e. The number of aliphatic imine (C=N–C) groups is 1. The molecule has 4 nitrogen and oxygen atoms in total. The molecule has 2 aliphatic rings. The number of para-hydroxylation sites is 1. The third kappa shape index (κ3) is 4.34. The SMILES string of the molecule is C#CCOc1c(Br)cc(C=Nc2ccc([C@@H]3Nc4ccccc4[C@H]4C=CC[C@@H]43)cc2)cc1OC. The van der Waals surface area contributed by atoms with Crippen LogP contribution in [-0.4, -0.2) is 19.9 Å². The van der Waals surface area contributed by atoms with Gasteiger partial charge in [-0.1, -0.05) is 48.4 Å². The van der Waals surface area contributed by atoms with Gasteiger partial charge >= 0.3 is 0 Å². The van der Waals surface area contributed by atoms with E-state index in [1.54, 1.807) is 7.11 Å². The molecule has 0 saturated heterocycles. The Kier molecular flexibility index (Phi) is 6.42. The topological polar surface area (TPSA) is 42.8 Å². The van der Waals surface area contributed by atoms with Gasteiger partial charge in [0, 0.05) is 17.8 Å². The van der Waals surface area contributed by atoms with Crippen molar-refractivity contribution < 1.29 is 9.47 Å². The number of halogens is 1. The number of methoxy groups -OCH3 is 1. The number of fused-ring (bicyclic) bond motifs is 3. The van der Waals surface area contributed by atoms with Crippen molar-refractivity contribution in [2.45, 2.75) is 18.4 Å². The number of hydrogen-bond acceptors (Lipinski definition) is 4. The predicted octanol–water partition coefficient (Wildman–Crippen LogP) is 7.05. The van der Waals surface area contributed by atoms with Gasteiger partial charge in [-0.2, -0.15) is 0 Å². The highest BCUT2D eigenvalue weighted by Gasteiger charge is 2.37. The first kappa shape index (κ1) is 22.3. The van der Waals surface area contributed by atoms with Crippen molar-refractivity contribution in [1.29, 1.82) is 0 Å². The fourth-order valence-electron chi connectivity index (χ4n) is 4.86. The van der Waals surface area contributed by atoms with Crippen LogP contribution < -0.4 is 14.8 Å². The largest absolute Gasteiger partial charge is 0.493 e. The molecule has 0 fully saturated rings. The van der Waals surface area contributed by atoms with Crippen LogP contribution in [0.2, 0.25) is 0 Å². The quantitative estimate of drug-likeness (QED) is 0.218. The molecule has 0 aromatic heterocycles. The number of anilines is 1. The van der Waals surface area contributed by atoms with Gasteiger partial charge < -0.3 is 14.8 Å². The fourth-order valence-corrected chi connectivity index (χ4v) is 5.43. The summed E-state index contributed by atoms with van der Waals surface area (Å²) in [5.74, 6) is 4.66. The van der Waals surface area contributed by atoms with Crippen LogP contribution in [-0.2, 0) is 0 Å². The molecule has 0 unspecified atom stereocenters. The van der Waals surface area contributed by atoms with Gasteiger partial charge in [0.25, 0.3) is 0 Å². The van der Waals surface area contributed by atoms with E-state index in [1.165, 1.54) is 16.8 Å². The van der Waals surface area contributed by atoms with Crippen LogP contribution in [0.3, 0.4) is 0 Å². The van der Waals surface area contributed by atoms with E-state index < -0.39 is 0 Å². The molecule has 5 rings (SSSR count). The second-order valence-electron chi connectivity index (χ2n) is 8.44. The summed E-state index contributed by atoms with van der Waals surface area (Å²) in [6.07, 6.45) is 12.9. The zero-order chi connectivity index (χ0) is 23.5. The molecule has 3 atom stereocenters. The van der Waals surface area contributed by atoms with E-state index in [4.69, 9.17) is 15.9 Å². The summed E-state index contributed by atoms with van der Waals surface area (Å²) in [5.41, 5.74) is 5.70. The molecule has 5 heteroatoms. The van der Waals surface area contributed by atoms with E-state index >= 15 is 0 Å². The lowest BCUT2D eigenvalue weighted by molar-refractivity contribution is 0.329. The average molecular weight is 513 g/mol. The third-order valence-electron chi connectivity index (χ3n) is 6.44. The molecule has 0 saturated carbocycles. The Labute approximate surface area is 208 Å². The van der Waals surface area contributed by atoms with Gasteiger partial charge in [0.2, 0.25) is 0 Å². The van der Waals surface area contributed by atoms with E-state index in [9.17, 15) is 0 Å². The summed E-state index contributed by atoms with van der Waals surface area (Å²) in [5, 5.41) is 3.78. The van der Waals surface area contributed by atoms with Crippen molar-refractivity contribution in [2.24, 2.45) is 10.9 Å². The first-order chi connectivity index (χ1) is 16.7. The molecule has 0 spiro atoms. The number of nitrogens with one attached hydrogen (secondary N) is 1. The summed E-state index contributed by atoms with van der Waals surface area (Å²) in [7, 11) is 1.60. The van der Waals surface area contributed by atoms with Crippen LogP contribution in [0.1, 0.15) is 35.1 Å². The number of rotatable bonds is 6. The normalized spacial score (nSPS) is 20.3. The first-order valence-electron chi connectivity index (χ1n) is 11.3. The standard InChI is InChI=1S/C29H25BrN2O2/c1-3-15-34-29-25(30)16-19(17-27(29)33-2)18-31-21-13-11-20(12-14-21)28-24-9-6-8-22(24)23-7-4-5-10-26(23)32-28/h1,4-8,10-14,16-18,22,24,28,32H,9,15H2,2H3/t22-,24+,28+/m1/s1. The minimum Gasteiger partial charge on any atom is -0.493 e. The Morgan fingerprint density at radius 1 is 1.18 bits per heavy atom. The predicted molar refractivity (Wildman–Crippen MR) is 142 cm³/mol. The summed E-state index contributed by atoms with van der Waals surface area (Å²) in [6.45, 7) is 0.174. The highest BCUT2D eigenvalue weighted by molar-refractivity contribution is 9.10. The van der Waals surface area contributed by atoms with E-state index in [0.29, 0.717) is 23.3 Å². The van der Waals surface area contributed by atoms with Crippen molar-refractivity contribution in [1.82, 2.24) is 0 Å². The van der Waals surface area contributed by atoms with Gasteiger partial charge in [0.15, 0.2) is 11.5 Å². The Morgan fingerprint density at radius 2 is 2.00 bits per heavy atom. The fraction of sp³-hybridized carbons (Fsp3) is 0.207. The van der Waals surface area contributed by atoms with E-state index in [1.807, 2.05) is 18.3 Å². The maximum absolute atomic E-state index is 5.59. The highest BCUT2D eigenvalue weighted by atomic mass is 79.9. The molecule has 3 aromatic carbocycles. The zero-order valence-corrected chi connectivity index (χ0v) is 20.5. The minimum absolute atomic E-state index is 0.174. The maximum atomic E-state index is 5.59. The second kappa shape index (κ2) is 9.79. The number of ether oxygens (including phenoxy) is 2. The molecule has 0 radical (unpaired) electrons. The van der Waals surface area contributed by atoms with Crippen LogP contribution in [0.25, 0.3) is 0 Å². The molecular formula is C29H25BrN2O2. The van der Waals surface area contributed by atoms with E-state index in [-0.39, 0.29) is 12.6 Å². The van der Waals surface area contributed by atoms with Crippen molar-refractivity contribution in [3.63, 3.8) is 0 Å². The summed E-state index contributed by atoms with van der Waals surface area (Å²) in [4.78, 5) is 4.67. The second-order valence-corrected chi connectivity index (χ2v) is 9.29. The van der Waals surface area contributed by atoms with Gasteiger partial charge in [-0.15, -0.1) is 6.42 Å². The van der Waals surface area contributed by atoms with Crippen molar-refractivity contribution in [2.75, 3.05) is 19.0 Å². The van der Waals surface area contributed by atoms with Gasteiger partial charge in [-0.25, -0.2) is 0 Å². The molecule has 1 N–H and O–H groups in total. The lowest BCUT2D eigenvalue weighted by Gasteiger charge is -2.37. The first-order valence-corrected chi connectivity index (χ1v) is 12.1. The third-order valence-corrected chi connectivity index (χ3v) is 7.03. The van der Waals surface area contributed by atoms with E-state index in [2.05, 4.69) is 92.8 Å². The van der Waals surface area contributed by atoms with Crippen molar-refractivity contribution in [3.8, 4) is 23.8 Å². The number of terminal acetylenes is 1. The van der Waals surface area contributed by atoms with Crippen LogP contribution >= 0.6 is 15.9 Å². The van der Waals surface area contributed by atoms with Crippen LogP contribution in [0.5, 0.6) is 11.5 Å². The molecule has 1 heterocycles. The lowest BCUT2D eigenvalue weighted by Crippen LogP contribution is -2.28. The van der Waals surface area contributed by atoms with Gasteiger partial charge in [-0.3, -0.25) is 4.99 Å². The summed E-state index contributed by atoms with van der Waals surface area (Å²) < 4.78 is 11.8. The zero-order valence-electron chi connectivity index (χ0n) is 18.9. The molecule has 3 aromatic rings. The van der Waals surface area contributed by atoms with Crippen LogP contribution in [0.4, 0.5) is 11.4 Å². The van der Waals surface area contributed by atoms with Crippen molar-refractivity contribution in [3.05, 3.63) is 94.0 Å². The number of allylic oxidation sites excluding steroid dienone is 2. The Bertz CT molecular complexity index is 1290. The van der Waals surface area contributed by atoms with Crippen molar-refractivity contribution >= 4 is 33.5 Å². The van der Waals surface area contributed by atoms with Gasteiger partial charge in [0.1, 0.15) is 6.61 Å². The molecule has 170 valence electrons. The average Bonchev–Trinajstić information content (AvgIpc) is 3.37. The summed E-state index contributed by atoms with van der Waals surface area (Å²) in [6, 6.07) is 21.2. The van der Waals surface area contributed by atoms with Gasteiger partial charge in [-0.05, 0) is 75.3 Å². The molecule has 34 heavy (non-hydrogen) atoms. The van der Waals surface area contributed by atoms with Gasteiger partial charge in [0.05, 0.1) is 23.3 Å². The molecule has 1 aliphatic carbocycles. The summed E-state index contributed by atoms with van der Waals surface area (Å²) >= 11 is 3.54. The number of hydrogen-bond donors (Lipinski definition) is 1. The number of benzene rings is 3. The minimum atomic E-state index is 0.174. The number of nitrogens with zero attached hydrogens (tertiary/aromatic N) is 1. The van der Waals surface area contributed by atoms with E-state index in [0.717, 1.165) is 22.1 Å². The Hall–Kier alpha value is -3.49. The highest BCUT2D eigenvalue weighted by Crippen LogP contribution is 2.49. The van der Waals surface area contributed by atoms with Crippen LogP contribution in [0, 0.1) is 18.3 Å². The Morgan fingerprint density at radius 3 is 2.79 bits per heavy atom. The molecule has 0 bridgehead atoms. The maximum Gasteiger partial charge on any atom is 0.176 e. The monoisotopic (exact) mass is 512 g/mol. The van der Waals surface area contributed by atoms with Crippen LogP contribution in [0.15, 0.2) is 82.3 Å². The molecule has 0 amide bonds. The Balaban J connectivity index is 1.34.